The van der Waals surface area contributed by atoms with Crippen molar-refractivity contribution in [2.24, 2.45) is 5.41 Å². The Morgan fingerprint density at radius 2 is 1.62 bits per heavy atom. The van der Waals surface area contributed by atoms with Gasteiger partial charge in [0.05, 0.1) is 0 Å². The molecular formula is C27H36N4O. The molecule has 32 heavy (non-hydrogen) atoms. The van der Waals surface area contributed by atoms with Gasteiger partial charge in [0.15, 0.2) is 0 Å². The van der Waals surface area contributed by atoms with E-state index in [1.165, 1.54) is 58.0 Å². The van der Waals surface area contributed by atoms with Crippen molar-refractivity contribution >= 4 is 11.7 Å². The van der Waals surface area contributed by atoms with Crippen LogP contribution in [0.1, 0.15) is 62.2 Å². The first kappa shape index (κ1) is 21.4. The van der Waals surface area contributed by atoms with Gasteiger partial charge < -0.3 is 15.1 Å². The molecule has 0 atom stereocenters. The fourth-order valence-electron chi connectivity index (χ4n) is 5.65. The maximum atomic E-state index is 12.0. The Morgan fingerprint density at radius 3 is 2.19 bits per heavy atom. The number of hydrogen-bond acceptors (Lipinski definition) is 4. The summed E-state index contributed by atoms with van der Waals surface area (Å²) in [5.74, 6) is 1.07. The van der Waals surface area contributed by atoms with Crippen molar-refractivity contribution in [3.05, 3.63) is 48.2 Å². The molecule has 2 aromatic rings. The Balaban J connectivity index is 1.16. The number of benzene rings is 1. The van der Waals surface area contributed by atoms with Crippen LogP contribution in [0.4, 0.5) is 5.82 Å². The van der Waals surface area contributed by atoms with Gasteiger partial charge in [0, 0.05) is 43.0 Å². The molecule has 5 rings (SSSR count). The third-order valence-electron chi connectivity index (χ3n) is 8.16. The van der Waals surface area contributed by atoms with Crippen LogP contribution in [0.5, 0.6) is 0 Å². The fraction of sp³-hybridized carbons (Fsp3) is 0.556. The molecular weight excluding hydrogens is 396 g/mol. The highest BCUT2D eigenvalue weighted by Gasteiger charge is 2.39. The predicted molar refractivity (Wildman–Crippen MR) is 130 cm³/mol. The summed E-state index contributed by atoms with van der Waals surface area (Å²) < 4.78 is 0. The molecule has 0 radical (unpaired) electrons. The highest BCUT2D eigenvalue weighted by molar-refractivity contribution is 5.94. The van der Waals surface area contributed by atoms with Crippen LogP contribution in [-0.4, -0.2) is 54.6 Å². The van der Waals surface area contributed by atoms with E-state index >= 15 is 0 Å². The van der Waals surface area contributed by atoms with Crippen LogP contribution < -0.4 is 10.2 Å². The van der Waals surface area contributed by atoms with Gasteiger partial charge in [-0.05, 0) is 93.8 Å². The Kier molecular flexibility index (Phi) is 6.18. The molecule has 1 aromatic carbocycles. The van der Waals surface area contributed by atoms with Crippen LogP contribution in [0.2, 0.25) is 0 Å². The van der Waals surface area contributed by atoms with E-state index in [1.54, 1.807) is 0 Å². The minimum atomic E-state index is -0.0240. The van der Waals surface area contributed by atoms with Crippen molar-refractivity contribution in [3.63, 3.8) is 0 Å². The smallest absolute Gasteiger partial charge is 0.251 e. The number of piperidine rings is 2. The average molecular weight is 433 g/mol. The van der Waals surface area contributed by atoms with Crippen molar-refractivity contribution in [1.29, 1.82) is 0 Å². The molecule has 0 bridgehead atoms. The van der Waals surface area contributed by atoms with Gasteiger partial charge in [0.25, 0.3) is 5.91 Å². The van der Waals surface area contributed by atoms with Crippen LogP contribution in [0.3, 0.4) is 0 Å². The van der Waals surface area contributed by atoms with Gasteiger partial charge in [0.2, 0.25) is 0 Å². The van der Waals surface area contributed by atoms with E-state index in [-0.39, 0.29) is 5.91 Å². The summed E-state index contributed by atoms with van der Waals surface area (Å²) in [4.78, 5) is 22.0. The summed E-state index contributed by atoms with van der Waals surface area (Å²) in [5.41, 5.74) is 3.45. The van der Waals surface area contributed by atoms with Crippen LogP contribution in [0, 0.1) is 5.41 Å². The summed E-state index contributed by atoms with van der Waals surface area (Å²) in [7, 11) is 0. The largest absolute Gasteiger partial charge is 0.357 e. The molecule has 2 aliphatic heterocycles. The van der Waals surface area contributed by atoms with Crippen molar-refractivity contribution < 1.29 is 4.79 Å². The maximum absolute atomic E-state index is 12.0. The van der Waals surface area contributed by atoms with Gasteiger partial charge in [-0.15, -0.1) is 0 Å². The highest BCUT2D eigenvalue weighted by atomic mass is 16.1. The molecule has 170 valence electrons. The molecule has 2 saturated heterocycles. The van der Waals surface area contributed by atoms with Crippen LogP contribution in [-0.2, 0) is 0 Å². The zero-order valence-corrected chi connectivity index (χ0v) is 19.4. The number of carbonyl (C=O) groups excluding carboxylic acids is 1. The molecule has 1 amide bonds. The van der Waals surface area contributed by atoms with Gasteiger partial charge in [-0.3, -0.25) is 4.79 Å². The molecule has 3 heterocycles. The van der Waals surface area contributed by atoms with Gasteiger partial charge in [0.1, 0.15) is 5.82 Å². The number of pyridine rings is 1. The molecule has 1 aliphatic carbocycles. The third-order valence-corrected chi connectivity index (χ3v) is 8.16. The topological polar surface area (TPSA) is 48.5 Å². The fourth-order valence-corrected chi connectivity index (χ4v) is 5.65. The first-order valence-corrected chi connectivity index (χ1v) is 12.5. The Hall–Kier alpha value is -2.40. The molecule has 1 N–H and O–H groups in total. The Morgan fingerprint density at radius 1 is 0.969 bits per heavy atom. The van der Waals surface area contributed by atoms with Gasteiger partial charge in [-0.2, -0.15) is 0 Å². The first-order chi connectivity index (χ1) is 15.7. The zero-order valence-electron chi connectivity index (χ0n) is 19.4. The lowest BCUT2D eigenvalue weighted by Crippen LogP contribution is -2.51. The van der Waals surface area contributed by atoms with Gasteiger partial charge in [-0.1, -0.05) is 18.6 Å². The lowest BCUT2D eigenvalue weighted by atomic mass is 9.70. The van der Waals surface area contributed by atoms with Crippen LogP contribution in [0.25, 0.3) is 11.1 Å². The lowest BCUT2D eigenvalue weighted by molar-refractivity contribution is 0.0305. The summed E-state index contributed by atoms with van der Waals surface area (Å²) >= 11 is 0. The molecule has 3 fully saturated rings. The molecule has 1 saturated carbocycles. The van der Waals surface area contributed by atoms with Crippen LogP contribution >= 0.6 is 0 Å². The summed E-state index contributed by atoms with van der Waals surface area (Å²) in [5, 5.41) is 2.84. The molecule has 3 aliphatic rings. The lowest BCUT2D eigenvalue weighted by Gasteiger charge is -2.50. The highest BCUT2D eigenvalue weighted by Crippen LogP contribution is 2.43. The number of hydrogen-bond donors (Lipinski definition) is 1. The first-order valence-electron chi connectivity index (χ1n) is 12.5. The number of nitrogens with one attached hydrogen (secondary N) is 1. The van der Waals surface area contributed by atoms with E-state index in [0.29, 0.717) is 17.5 Å². The SMILES string of the molecule is CCNC(=O)c1ccc(-c2ccc(N3CCC4(CC3)CCN(C3CCC3)CC4)nc2)cc1. The molecule has 5 nitrogen and oxygen atoms in total. The molecule has 1 aromatic heterocycles. The number of nitrogens with zero attached hydrogens (tertiary/aromatic N) is 3. The molecule has 0 unspecified atom stereocenters. The third kappa shape index (κ3) is 4.40. The average Bonchev–Trinajstić information content (AvgIpc) is 2.81. The maximum Gasteiger partial charge on any atom is 0.251 e. The van der Waals surface area contributed by atoms with Crippen LogP contribution in [0.15, 0.2) is 42.6 Å². The second-order valence-corrected chi connectivity index (χ2v) is 9.95. The van der Waals surface area contributed by atoms with E-state index in [4.69, 9.17) is 4.98 Å². The van der Waals surface area contributed by atoms with Crippen molar-refractivity contribution in [2.45, 2.75) is 57.9 Å². The second kappa shape index (κ2) is 9.22. The monoisotopic (exact) mass is 432 g/mol. The summed E-state index contributed by atoms with van der Waals surface area (Å²) in [6.07, 6.45) is 11.6. The number of aromatic nitrogens is 1. The predicted octanol–water partition coefficient (Wildman–Crippen LogP) is 4.73. The van der Waals surface area contributed by atoms with E-state index < -0.39 is 0 Å². The number of likely N-dealkylation sites (tertiary alicyclic amines) is 1. The standard InChI is InChI=1S/C27H36N4O/c1-2-28-26(32)22-8-6-21(7-9-22)23-10-11-25(29-20-23)31-18-14-27(15-19-31)12-16-30(17-13-27)24-4-3-5-24/h6-11,20,24H,2-5,12-19H2,1H3,(H,28,32). The van der Waals surface area contributed by atoms with Crippen molar-refractivity contribution in [2.75, 3.05) is 37.6 Å². The Bertz CT molecular complexity index is 902. The van der Waals surface area contributed by atoms with Gasteiger partial charge in [-0.25, -0.2) is 4.98 Å². The summed E-state index contributed by atoms with van der Waals surface area (Å²) in [6, 6.07) is 13.0. The Labute approximate surface area is 192 Å². The van der Waals surface area contributed by atoms with E-state index in [2.05, 4.69) is 27.2 Å². The number of carbonyl (C=O) groups is 1. The quantitative estimate of drug-likeness (QED) is 0.742. The van der Waals surface area contributed by atoms with E-state index in [9.17, 15) is 4.79 Å². The van der Waals surface area contributed by atoms with Gasteiger partial charge >= 0.3 is 0 Å². The zero-order chi connectivity index (χ0) is 22.0. The van der Waals surface area contributed by atoms with E-state index in [0.717, 1.165) is 36.1 Å². The van der Waals surface area contributed by atoms with Crippen molar-refractivity contribution in [1.82, 2.24) is 15.2 Å². The number of anilines is 1. The number of amides is 1. The normalized spacial score (nSPS) is 21.3. The van der Waals surface area contributed by atoms with Crippen molar-refractivity contribution in [3.8, 4) is 11.1 Å². The number of rotatable bonds is 5. The molecule has 5 heteroatoms. The molecule has 1 spiro atoms. The van der Waals surface area contributed by atoms with E-state index in [1.807, 2.05) is 37.4 Å². The summed E-state index contributed by atoms with van der Waals surface area (Å²) in [6.45, 7) is 7.45. The second-order valence-electron chi connectivity index (χ2n) is 9.95. The minimum absolute atomic E-state index is 0.0240. The minimum Gasteiger partial charge on any atom is -0.357 e.